The van der Waals surface area contributed by atoms with Gasteiger partial charge in [0.1, 0.15) is 5.75 Å². The summed E-state index contributed by atoms with van der Waals surface area (Å²) in [6.07, 6.45) is 0. The summed E-state index contributed by atoms with van der Waals surface area (Å²) in [6.45, 7) is 1.89. The summed E-state index contributed by atoms with van der Waals surface area (Å²) in [4.78, 5) is 0. The van der Waals surface area contributed by atoms with Crippen molar-refractivity contribution in [3.63, 3.8) is 0 Å². The van der Waals surface area contributed by atoms with Crippen molar-refractivity contribution >= 4 is 23.6 Å². The van der Waals surface area contributed by atoms with Crippen LogP contribution in [0.1, 0.15) is 27.8 Å². The highest BCUT2D eigenvalue weighted by molar-refractivity contribution is 7.80. The predicted molar refractivity (Wildman–Crippen MR) is 175 cm³/mol. The van der Waals surface area contributed by atoms with Crippen LogP contribution in [0, 0.1) is 6.92 Å². The maximum atomic E-state index is 15.0. The van der Waals surface area contributed by atoms with E-state index in [0.717, 1.165) is 22.3 Å². The number of hydrogen-bond acceptors (Lipinski definition) is 2. The summed E-state index contributed by atoms with van der Waals surface area (Å²) in [7, 11) is -3.39. The average molecular weight is 566 g/mol. The van der Waals surface area contributed by atoms with Crippen LogP contribution >= 0.6 is 7.29 Å². The fourth-order valence-corrected chi connectivity index (χ4v) is 8.12. The van der Waals surface area contributed by atoms with Gasteiger partial charge in [-0.1, -0.05) is 133 Å². The third kappa shape index (κ3) is 4.83. The van der Waals surface area contributed by atoms with E-state index in [1.807, 2.05) is 97.9 Å². The summed E-state index contributed by atoms with van der Waals surface area (Å²) in [5, 5.41) is 16.2. The fraction of sp³-hybridized carbons (Fsp3) is 0.0526. The van der Waals surface area contributed by atoms with Crippen LogP contribution in [0.3, 0.4) is 0 Å². The molecule has 0 heterocycles. The van der Waals surface area contributed by atoms with E-state index >= 15 is 0 Å². The third-order valence-corrected chi connectivity index (χ3v) is 10.5. The van der Waals surface area contributed by atoms with Crippen molar-refractivity contribution in [2.45, 2.75) is 12.3 Å². The highest BCUT2D eigenvalue weighted by Gasteiger charge is 2.39. The van der Waals surface area contributed by atoms with Crippen molar-refractivity contribution < 1.29 is 9.67 Å². The average Bonchev–Trinajstić information content (AvgIpc) is 3.06. The predicted octanol–water partition coefficient (Wildman–Crippen LogP) is 8.42. The quantitative estimate of drug-likeness (QED) is 0.111. The Bertz CT molecular complexity index is 1680. The van der Waals surface area contributed by atoms with E-state index in [2.05, 4.69) is 77.9 Å². The molecule has 0 bridgehead atoms. The summed E-state index contributed by atoms with van der Waals surface area (Å²) in [5.41, 5.74) is 4.63. The van der Waals surface area contributed by atoms with Gasteiger partial charge in [0.05, 0.1) is 11.1 Å². The number of nitrogens with one attached hydrogen (secondary N) is 1. The monoisotopic (exact) mass is 565 g/mol. The van der Waals surface area contributed by atoms with Crippen molar-refractivity contribution in [1.29, 1.82) is 0 Å². The van der Waals surface area contributed by atoms with E-state index in [4.69, 9.17) is 0 Å². The van der Waals surface area contributed by atoms with E-state index in [-0.39, 0.29) is 5.75 Å². The van der Waals surface area contributed by atoms with Gasteiger partial charge in [-0.2, -0.15) is 0 Å². The van der Waals surface area contributed by atoms with Crippen molar-refractivity contribution in [2.24, 2.45) is 0 Å². The van der Waals surface area contributed by atoms with Gasteiger partial charge in [0.15, 0.2) is 0 Å². The Morgan fingerprint density at radius 2 is 0.881 bits per heavy atom. The standard InChI is InChI=1S/C38H32NO2P/c1-29-27-33(28-36(37(29)40)39-42(41,34-23-13-5-14-24-34)35-25-15-6-16-26-35)38(30-17-7-2-8-18-30,31-19-9-3-10-20-31)32-21-11-4-12-22-32/h2-28,40H,1H3,(H,39,41). The largest absolute Gasteiger partial charge is 0.505 e. The number of hydrogen-bond donors (Lipinski definition) is 2. The molecule has 6 aromatic rings. The number of phenolic OH excluding ortho intramolecular Hbond substituents is 1. The molecule has 2 N–H and O–H groups in total. The van der Waals surface area contributed by atoms with Crippen molar-refractivity contribution in [1.82, 2.24) is 0 Å². The van der Waals surface area contributed by atoms with Crippen LogP contribution in [0.2, 0.25) is 0 Å². The normalized spacial score (nSPS) is 11.6. The van der Waals surface area contributed by atoms with Gasteiger partial charge in [-0.3, -0.25) is 4.57 Å². The van der Waals surface area contributed by atoms with Gasteiger partial charge in [-0.25, -0.2) is 0 Å². The van der Waals surface area contributed by atoms with Gasteiger partial charge >= 0.3 is 0 Å². The van der Waals surface area contributed by atoms with Crippen LogP contribution in [0.25, 0.3) is 0 Å². The molecule has 42 heavy (non-hydrogen) atoms. The fourth-order valence-electron chi connectivity index (χ4n) is 5.87. The molecule has 3 nitrogen and oxygen atoms in total. The van der Waals surface area contributed by atoms with Crippen LogP contribution in [0.15, 0.2) is 164 Å². The SMILES string of the molecule is Cc1cc(C(c2ccccc2)(c2ccccc2)c2ccccc2)cc(NP(=O)(c2ccccc2)c2ccccc2)c1O. The topological polar surface area (TPSA) is 49.3 Å². The molecule has 0 radical (unpaired) electrons. The second kappa shape index (κ2) is 11.6. The molecule has 0 amide bonds. The van der Waals surface area contributed by atoms with E-state index in [0.29, 0.717) is 21.9 Å². The van der Waals surface area contributed by atoms with E-state index in [1.165, 1.54) is 0 Å². The second-order valence-corrected chi connectivity index (χ2v) is 12.9. The molecule has 0 unspecified atom stereocenters. The summed E-state index contributed by atoms with van der Waals surface area (Å²) >= 11 is 0. The van der Waals surface area contributed by atoms with Gasteiger partial charge in [-0.05, 0) is 65.1 Å². The lowest BCUT2D eigenvalue weighted by atomic mass is 9.65. The van der Waals surface area contributed by atoms with Gasteiger partial charge in [-0.15, -0.1) is 0 Å². The Hall–Kier alpha value is -4.85. The molecule has 0 aromatic heterocycles. The Morgan fingerprint density at radius 1 is 0.524 bits per heavy atom. The minimum atomic E-state index is -3.39. The summed E-state index contributed by atoms with van der Waals surface area (Å²) < 4.78 is 15.0. The maximum absolute atomic E-state index is 15.0. The number of phenols is 1. The van der Waals surface area contributed by atoms with Crippen LogP contribution in [0.5, 0.6) is 5.75 Å². The van der Waals surface area contributed by atoms with Crippen LogP contribution in [-0.2, 0) is 9.98 Å². The zero-order valence-electron chi connectivity index (χ0n) is 23.4. The Kier molecular flexibility index (Phi) is 7.52. The zero-order chi connectivity index (χ0) is 29.0. The molecule has 206 valence electrons. The number of aromatic hydroxyl groups is 1. The van der Waals surface area contributed by atoms with Crippen LogP contribution in [0.4, 0.5) is 5.69 Å². The molecule has 0 aliphatic heterocycles. The molecule has 4 heteroatoms. The summed E-state index contributed by atoms with van der Waals surface area (Å²) in [6, 6.07) is 54.2. The molecule has 0 aliphatic carbocycles. The maximum Gasteiger partial charge on any atom is 0.227 e. The van der Waals surface area contributed by atoms with Gasteiger partial charge < -0.3 is 10.2 Å². The van der Waals surface area contributed by atoms with Gasteiger partial charge in [0.25, 0.3) is 0 Å². The molecule has 0 saturated carbocycles. The minimum absolute atomic E-state index is 0.0777. The van der Waals surface area contributed by atoms with Crippen molar-refractivity contribution in [2.75, 3.05) is 5.09 Å². The third-order valence-electron chi connectivity index (χ3n) is 7.87. The number of anilines is 1. The number of rotatable bonds is 8. The number of benzene rings is 6. The Labute approximate surface area is 247 Å². The molecule has 0 fully saturated rings. The Morgan fingerprint density at radius 3 is 1.26 bits per heavy atom. The first-order chi connectivity index (χ1) is 20.5. The molecule has 6 aromatic carbocycles. The lowest BCUT2D eigenvalue weighted by Gasteiger charge is -2.37. The molecule has 0 spiro atoms. The van der Waals surface area contributed by atoms with E-state index in [9.17, 15) is 9.67 Å². The first-order valence-corrected chi connectivity index (χ1v) is 15.7. The first-order valence-electron chi connectivity index (χ1n) is 14.0. The molecule has 0 saturated heterocycles. The summed E-state index contributed by atoms with van der Waals surface area (Å²) in [5.74, 6) is 0.0777. The van der Waals surface area contributed by atoms with E-state index < -0.39 is 12.7 Å². The lowest BCUT2D eigenvalue weighted by molar-refractivity contribution is 0.473. The molecule has 6 rings (SSSR count). The molecule has 0 aliphatic rings. The molecular weight excluding hydrogens is 533 g/mol. The zero-order valence-corrected chi connectivity index (χ0v) is 24.3. The van der Waals surface area contributed by atoms with Crippen LogP contribution < -0.4 is 15.7 Å². The lowest BCUT2D eigenvalue weighted by Crippen LogP contribution is -2.31. The molecular formula is C38H32NO2P. The number of aryl methyl sites for hydroxylation is 1. The highest BCUT2D eigenvalue weighted by Crippen LogP contribution is 2.50. The first kappa shape index (κ1) is 27.3. The Balaban J connectivity index is 1.64. The van der Waals surface area contributed by atoms with Gasteiger partial charge in [0, 0.05) is 10.6 Å². The second-order valence-electron chi connectivity index (χ2n) is 10.4. The van der Waals surface area contributed by atoms with E-state index in [1.54, 1.807) is 0 Å². The van der Waals surface area contributed by atoms with Crippen molar-refractivity contribution in [3.8, 4) is 5.75 Å². The minimum Gasteiger partial charge on any atom is -0.505 e. The van der Waals surface area contributed by atoms with Gasteiger partial charge in [0.2, 0.25) is 7.29 Å². The smallest absolute Gasteiger partial charge is 0.227 e. The van der Waals surface area contributed by atoms with Crippen molar-refractivity contribution in [3.05, 3.63) is 192 Å². The van der Waals surface area contributed by atoms with Crippen LogP contribution in [-0.4, -0.2) is 5.11 Å². The highest BCUT2D eigenvalue weighted by atomic mass is 31.2. The molecule has 0 atom stereocenters.